The standard InChI is InChI=1S/C14H14F3NO2.C12H15NO.C4H5F3O2.CH4/c1-9(10-5-3-2-4-6-10)18-8-7-11(13(18)20)12(19)14(15,16)17;1-10(11-6-3-2-4-7-11)13-9-5-8-12(13)14;1-2-9-3(8)4(5,6)7;/h2-6,9,11H,7-8H2,1H3;2-4,6-7,10H,5,8-9H2,1H3;2H2,1H3;1H4/t9-,11?;10-;;/m11../s1. The molecule has 2 aliphatic heterocycles. The predicted octanol–water partition coefficient (Wildman–Crippen LogP) is 6.85. The van der Waals surface area contributed by atoms with E-state index in [2.05, 4.69) is 23.8 Å². The summed E-state index contributed by atoms with van der Waals surface area (Å²) in [4.78, 5) is 47.8. The van der Waals surface area contributed by atoms with Crippen LogP contribution in [0.25, 0.3) is 0 Å². The predicted molar refractivity (Wildman–Crippen MR) is 151 cm³/mol. The van der Waals surface area contributed by atoms with Gasteiger partial charge in [0.2, 0.25) is 17.6 Å². The van der Waals surface area contributed by atoms with E-state index in [-0.39, 0.29) is 39.1 Å². The summed E-state index contributed by atoms with van der Waals surface area (Å²) in [6.45, 7) is 5.98. The van der Waals surface area contributed by atoms with E-state index in [0.29, 0.717) is 5.91 Å². The summed E-state index contributed by atoms with van der Waals surface area (Å²) in [5.74, 6) is -6.10. The SMILES string of the molecule is C.CCOC(=O)C(F)(F)F.C[C@H](c1ccccc1)N1CCC(C(=O)C(F)(F)F)C1=O.C[C@H](c1ccccc1)N1CCCC1=O. The molecule has 2 aromatic rings. The number of amides is 2. The van der Waals surface area contributed by atoms with Gasteiger partial charge in [0.15, 0.2) is 0 Å². The number of esters is 1. The Kier molecular flexibility index (Phi) is 14.6. The average molecular weight is 633 g/mol. The number of hydrogen-bond donors (Lipinski definition) is 0. The molecule has 0 radical (unpaired) electrons. The number of ether oxygens (including phenoxy) is 1. The first-order valence-corrected chi connectivity index (χ1v) is 13.6. The van der Waals surface area contributed by atoms with E-state index in [4.69, 9.17) is 0 Å². The molecule has 2 amide bonds. The van der Waals surface area contributed by atoms with Crippen molar-refractivity contribution in [1.29, 1.82) is 0 Å². The van der Waals surface area contributed by atoms with Crippen LogP contribution in [0.4, 0.5) is 26.3 Å². The van der Waals surface area contributed by atoms with Crippen molar-refractivity contribution in [2.45, 2.75) is 71.9 Å². The first kappa shape index (κ1) is 38.1. The van der Waals surface area contributed by atoms with Gasteiger partial charge in [-0.1, -0.05) is 68.1 Å². The van der Waals surface area contributed by atoms with Crippen LogP contribution in [0.2, 0.25) is 0 Å². The van der Waals surface area contributed by atoms with Crippen molar-refractivity contribution in [2.24, 2.45) is 5.92 Å². The van der Waals surface area contributed by atoms with Crippen molar-refractivity contribution in [3.8, 4) is 0 Å². The maximum atomic E-state index is 12.4. The third-order valence-electron chi connectivity index (χ3n) is 6.95. The Labute approximate surface area is 253 Å². The fourth-order valence-electron chi connectivity index (χ4n) is 4.64. The Bertz CT molecular complexity index is 1220. The van der Waals surface area contributed by atoms with E-state index in [1.54, 1.807) is 31.2 Å². The summed E-state index contributed by atoms with van der Waals surface area (Å²) < 4.78 is 74.3. The van der Waals surface area contributed by atoms with Crippen LogP contribution in [0.15, 0.2) is 60.7 Å². The number of alkyl halides is 6. The van der Waals surface area contributed by atoms with Crippen molar-refractivity contribution < 1.29 is 50.3 Å². The molecule has 2 heterocycles. The quantitative estimate of drug-likeness (QED) is 0.198. The van der Waals surface area contributed by atoms with Gasteiger partial charge >= 0.3 is 18.3 Å². The minimum atomic E-state index is -4.95. The minimum absolute atomic E-state index is 0. The summed E-state index contributed by atoms with van der Waals surface area (Å²) in [7, 11) is 0. The van der Waals surface area contributed by atoms with Crippen LogP contribution in [0.5, 0.6) is 0 Å². The van der Waals surface area contributed by atoms with Crippen LogP contribution in [0.3, 0.4) is 0 Å². The number of halogens is 6. The summed E-state index contributed by atoms with van der Waals surface area (Å²) in [6.07, 6.45) is -8.15. The van der Waals surface area contributed by atoms with E-state index >= 15 is 0 Å². The highest BCUT2D eigenvalue weighted by atomic mass is 19.4. The van der Waals surface area contributed by atoms with Crippen LogP contribution in [0, 0.1) is 5.92 Å². The van der Waals surface area contributed by atoms with Gasteiger partial charge in [0.25, 0.3) is 0 Å². The molecule has 4 rings (SSSR count). The lowest BCUT2D eigenvalue weighted by Gasteiger charge is -2.25. The number of benzene rings is 2. The lowest BCUT2D eigenvalue weighted by molar-refractivity contribution is -0.199. The molecule has 0 aliphatic carbocycles. The Morgan fingerprint density at radius 1 is 0.818 bits per heavy atom. The molecule has 7 nitrogen and oxygen atoms in total. The zero-order chi connectivity index (χ0) is 32.4. The number of ketones is 1. The zero-order valence-electron chi connectivity index (χ0n) is 24.0. The molecular weight excluding hydrogens is 594 g/mol. The molecule has 0 bridgehead atoms. The number of carbonyl (C=O) groups is 4. The summed E-state index contributed by atoms with van der Waals surface area (Å²) in [5.41, 5.74) is 2.06. The largest absolute Gasteiger partial charge is 0.490 e. The van der Waals surface area contributed by atoms with Gasteiger partial charge in [-0.05, 0) is 44.7 Å². The molecule has 2 fully saturated rings. The molecule has 1 unspecified atom stereocenters. The van der Waals surface area contributed by atoms with Gasteiger partial charge in [-0.25, -0.2) is 4.79 Å². The highest BCUT2D eigenvalue weighted by molar-refractivity contribution is 6.05. The van der Waals surface area contributed by atoms with E-state index in [9.17, 15) is 45.5 Å². The minimum Gasteiger partial charge on any atom is -0.459 e. The van der Waals surface area contributed by atoms with Crippen molar-refractivity contribution >= 4 is 23.6 Å². The maximum Gasteiger partial charge on any atom is 0.490 e. The molecule has 2 saturated heterocycles. The molecule has 13 heteroatoms. The normalized spacial score (nSPS) is 17.8. The Morgan fingerprint density at radius 3 is 1.66 bits per heavy atom. The van der Waals surface area contributed by atoms with Gasteiger partial charge in [-0.2, -0.15) is 26.3 Å². The van der Waals surface area contributed by atoms with Gasteiger partial charge in [0.05, 0.1) is 18.7 Å². The molecular formula is C31H38F6N2O5. The Hall–Kier alpha value is -3.90. The van der Waals surface area contributed by atoms with E-state index in [1.165, 1.54) is 17.4 Å². The van der Waals surface area contributed by atoms with Gasteiger partial charge in [0.1, 0.15) is 5.92 Å². The highest BCUT2D eigenvalue weighted by Gasteiger charge is 2.50. The van der Waals surface area contributed by atoms with Gasteiger partial charge < -0.3 is 14.5 Å². The fourth-order valence-corrected chi connectivity index (χ4v) is 4.64. The monoisotopic (exact) mass is 632 g/mol. The zero-order valence-corrected chi connectivity index (χ0v) is 24.0. The summed E-state index contributed by atoms with van der Waals surface area (Å²) in [5, 5.41) is 0. The maximum absolute atomic E-state index is 12.4. The molecule has 0 spiro atoms. The number of Topliss-reactive ketones (excluding diaryl/α,β-unsaturated/α-hetero) is 1. The van der Waals surface area contributed by atoms with Crippen LogP contribution in [0.1, 0.15) is 70.7 Å². The van der Waals surface area contributed by atoms with Gasteiger partial charge in [0, 0.05) is 19.5 Å². The molecule has 3 atom stereocenters. The van der Waals surface area contributed by atoms with E-state index in [1.807, 2.05) is 29.2 Å². The second-order valence-electron chi connectivity index (χ2n) is 9.82. The third kappa shape index (κ3) is 10.7. The fraction of sp³-hybridized carbons (Fsp3) is 0.484. The Morgan fingerprint density at radius 2 is 1.30 bits per heavy atom. The third-order valence-corrected chi connectivity index (χ3v) is 6.95. The molecule has 2 aliphatic rings. The summed E-state index contributed by atoms with van der Waals surface area (Å²) in [6, 6.07) is 19.1. The van der Waals surface area contributed by atoms with E-state index < -0.39 is 35.9 Å². The molecule has 0 aromatic heterocycles. The summed E-state index contributed by atoms with van der Waals surface area (Å²) >= 11 is 0. The highest BCUT2D eigenvalue weighted by Crippen LogP contribution is 2.33. The van der Waals surface area contributed by atoms with Crippen molar-refractivity contribution in [3.05, 3.63) is 71.8 Å². The number of nitrogens with zero attached hydrogens (tertiary/aromatic N) is 2. The first-order valence-electron chi connectivity index (χ1n) is 13.6. The van der Waals surface area contributed by atoms with Crippen molar-refractivity contribution in [2.75, 3.05) is 19.7 Å². The number of carbonyl (C=O) groups excluding carboxylic acids is 4. The van der Waals surface area contributed by atoms with Crippen LogP contribution < -0.4 is 0 Å². The van der Waals surface area contributed by atoms with Crippen LogP contribution >= 0.6 is 0 Å². The number of likely N-dealkylation sites (tertiary alicyclic amines) is 2. The van der Waals surface area contributed by atoms with E-state index in [0.717, 1.165) is 24.9 Å². The average Bonchev–Trinajstić information content (AvgIpc) is 3.57. The molecule has 2 aromatic carbocycles. The lowest BCUT2D eigenvalue weighted by atomic mass is 10.0. The first-order chi connectivity index (χ1) is 20.1. The number of rotatable bonds is 6. The topological polar surface area (TPSA) is 84.0 Å². The second kappa shape index (κ2) is 16.8. The van der Waals surface area contributed by atoms with Crippen LogP contribution in [-0.2, 0) is 23.9 Å². The molecule has 244 valence electrons. The molecule has 0 N–H and O–H groups in total. The lowest BCUT2D eigenvalue weighted by Crippen LogP contribution is -2.37. The van der Waals surface area contributed by atoms with Gasteiger partial charge in [-0.15, -0.1) is 0 Å². The van der Waals surface area contributed by atoms with Crippen LogP contribution in [-0.4, -0.2) is 65.4 Å². The molecule has 0 saturated carbocycles. The Balaban J connectivity index is 0.000000353. The van der Waals surface area contributed by atoms with Crippen molar-refractivity contribution in [1.82, 2.24) is 9.80 Å². The second-order valence-corrected chi connectivity index (χ2v) is 9.82. The number of hydrogen-bond acceptors (Lipinski definition) is 5. The van der Waals surface area contributed by atoms with Gasteiger partial charge in [-0.3, -0.25) is 14.4 Å². The van der Waals surface area contributed by atoms with Crippen molar-refractivity contribution in [3.63, 3.8) is 0 Å². The molecule has 44 heavy (non-hydrogen) atoms. The smallest absolute Gasteiger partial charge is 0.459 e.